The van der Waals surface area contributed by atoms with E-state index in [2.05, 4.69) is 52.0 Å². The molecule has 2 aliphatic rings. The van der Waals surface area contributed by atoms with Gasteiger partial charge in [0.1, 0.15) is 0 Å². The Kier molecular flexibility index (Phi) is 5.41. The lowest BCUT2D eigenvalue weighted by atomic mass is 10.0. The molecule has 2 fully saturated rings. The van der Waals surface area contributed by atoms with E-state index in [1.54, 1.807) is 0 Å². The number of nitrogens with zero attached hydrogens (tertiary/aromatic N) is 3. The maximum absolute atomic E-state index is 4.36. The fraction of sp³-hybridized carbons (Fsp3) is 0.591. The third-order valence-electron chi connectivity index (χ3n) is 6.37. The highest BCUT2D eigenvalue weighted by Crippen LogP contribution is 2.26. The molecule has 0 atom stereocenters. The lowest BCUT2D eigenvalue weighted by Gasteiger charge is -2.27. The van der Waals surface area contributed by atoms with Crippen molar-refractivity contribution in [1.29, 1.82) is 0 Å². The fourth-order valence-corrected chi connectivity index (χ4v) is 4.60. The molecule has 26 heavy (non-hydrogen) atoms. The standard InChI is InChI=1S/C22H32N4/c1-17-8-9-19(14-18(17)2)22-20(15-23-24-22)16-25-10-5-11-26(13-12-25)21-6-3-4-7-21/h8-9,14-15,21H,3-7,10-13,16H2,1-2H3,(H,23,24). The molecule has 0 unspecified atom stereocenters. The number of benzene rings is 1. The van der Waals surface area contributed by atoms with Crippen LogP contribution < -0.4 is 0 Å². The molecule has 1 aromatic heterocycles. The van der Waals surface area contributed by atoms with E-state index < -0.39 is 0 Å². The third kappa shape index (κ3) is 3.86. The summed E-state index contributed by atoms with van der Waals surface area (Å²) in [6.45, 7) is 10.2. The van der Waals surface area contributed by atoms with Gasteiger partial charge in [0.2, 0.25) is 0 Å². The summed E-state index contributed by atoms with van der Waals surface area (Å²) in [6.07, 6.45) is 8.99. The SMILES string of the molecule is Cc1ccc(-c2[nH]ncc2CN2CCCN(C3CCCC3)CC2)cc1C. The number of aryl methyl sites for hydroxylation is 2. The lowest BCUT2D eigenvalue weighted by molar-refractivity contribution is 0.198. The maximum atomic E-state index is 4.36. The molecule has 1 N–H and O–H groups in total. The fourth-order valence-electron chi connectivity index (χ4n) is 4.60. The van der Waals surface area contributed by atoms with Gasteiger partial charge in [0, 0.05) is 36.8 Å². The van der Waals surface area contributed by atoms with E-state index in [1.165, 1.54) is 86.2 Å². The molecule has 4 heteroatoms. The maximum Gasteiger partial charge on any atom is 0.0695 e. The summed E-state index contributed by atoms with van der Waals surface area (Å²) in [5.41, 5.74) is 6.44. The highest BCUT2D eigenvalue weighted by Gasteiger charge is 2.25. The molecular formula is C22H32N4. The molecule has 4 rings (SSSR count). The van der Waals surface area contributed by atoms with Gasteiger partial charge >= 0.3 is 0 Å². The number of H-pyrrole nitrogens is 1. The number of nitrogens with one attached hydrogen (secondary N) is 1. The summed E-state index contributed by atoms with van der Waals surface area (Å²) in [6, 6.07) is 7.55. The number of aromatic nitrogens is 2. The summed E-state index contributed by atoms with van der Waals surface area (Å²) >= 11 is 0. The van der Waals surface area contributed by atoms with Crippen molar-refractivity contribution < 1.29 is 0 Å². The van der Waals surface area contributed by atoms with Crippen molar-refractivity contribution in [1.82, 2.24) is 20.0 Å². The van der Waals surface area contributed by atoms with E-state index in [0.717, 1.165) is 12.6 Å². The van der Waals surface area contributed by atoms with Crippen molar-refractivity contribution in [2.75, 3.05) is 26.2 Å². The van der Waals surface area contributed by atoms with Crippen molar-refractivity contribution >= 4 is 0 Å². The van der Waals surface area contributed by atoms with E-state index in [9.17, 15) is 0 Å². The molecule has 0 bridgehead atoms. The molecule has 0 radical (unpaired) electrons. The van der Waals surface area contributed by atoms with Gasteiger partial charge in [-0.25, -0.2) is 0 Å². The van der Waals surface area contributed by atoms with Gasteiger partial charge in [-0.1, -0.05) is 25.0 Å². The molecule has 2 heterocycles. The van der Waals surface area contributed by atoms with E-state index in [4.69, 9.17) is 0 Å². The van der Waals surface area contributed by atoms with Crippen LogP contribution in [0.4, 0.5) is 0 Å². The molecule has 2 aromatic rings. The Bertz CT molecular complexity index is 729. The van der Waals surface area contributed by atoms with Gasteiger partial charge < -0.3 is 0 Å². The zero-order valence-corrected chi connectivity index (χ0v) is 16.3. The highest BCUT2D eigenvalue weighted by molar-refractivity contribution is 5.64. The minimum absolute atomic E-state index is 0.856. The third-order valence-corrected chi connectivity index (χ3v) is 6.37. The molecular weight excluding hydrogens is 320 g/mol. The molecule has 140 valence electrons. The van der Waals surface area contributed by atoms with Gasteiger partial charge in [0.05, 0.1) is 11.9 Å². The molecule has 1 aromatic carbocycles. The average molecular weight is 353 g/mol. The van der Waals surface area contributed by atoms with Crippen molar-refractivity contribution in [3.8, 4) is 11.3 Å². The number of hydrogen-bond acceptors (Lipinski definition) is 3. The van der Waals surface area contributed by atoms with E-state index in [-0.39, 0.29) is 0 Å². The van der Waals surface area contributed by atoms with Crippen LogP contribution in [0, 0.1) is 13.8 Å². The quantitative estimate of drug-likeness (QED) is 0.898. The smallest absolute Gasteiger partial charge is 0.0695 e. The summed E-state index contributed by atoms with van der Waals surface area (Å²) < 4.78 is 0. The minimum Gasteiger partial charge on any atom is -0.299 e. The number of hydrogen-bond donors (Lipinski definition) is 1. The van der Waals surface area contributed by atoms with Crippen LogP contribution >= 0.6 is 0 Å². The van der Waals surface area contributed by atoms with Crippen LogP contribution in [-0.2, 0) is 6.54 Å². The van der Waals surface area contributed by atoms with E-state index >= 15 is 0 Å². The topological polar surface area (TPSA) is 35.2 Å². The molecule has 0 amide bonds. The Morgan fingerprint density at radius 3 is 2.65 bits per heavy atom. The summed E-state index contributed by atoms with van der Waals surface area (Å²) in [5.74, 6) is 0. The van der Waals surface area contributed by atoms with Crippen LogP contribution in [0.15, 0.2) is 24.4 Å². The van der Waals surface area contributed by atoms with Gasteiger partial charge in [-0.15, -0.1) is 0 Å². The molecule has 4 nitrogen and oxygen atoms in total. The van der Waals surface area contributed by atoms with Crippen molar-refractivity contribution in [3.05, 3.63) is 41.1 Å². The largest absolute Gasteiger partial charge is 0.299 e. The summed E-state index contributed by atoms with van der Waals surface area (Å²) in [4.78, 5) is 5.37. The Hall–Kier alpha value is -1.65. The second-order valence-electron chi connectivity index (χ2n) is 8.17. The summed E-state index contributed by atoms with van der Waals surface area (Å²) in [7, 11) is 0. The second-order valence-corrected chi connectivity index (χ2v) is 8.17. The van der Waals surface area contributed by atoms with E-state index in [0.29, 0.717) is 0 Å². The van der Waals surface area contributed by atoms with Gasteiger partial charge in [-0.2, -0.15) is 5.10 Å². The normalized spacial score (nSPS) is 20.5. The van der Waals surface area contributed by atoms with Crippen LogP contribution in [0.1, 0.15) is 48.8 Å². The van der Waals surface area contributed by atoms with Crippen LogP contribution in [0.25, 0.3) is 11.3 Å². The van der Waals surface area contributed by atoms with Gasteiger partial charge in [0.25, 0.3) is 0 Å². The zero-order chi connectivity index (χ0) is 17.9. The predicted octanol–water partition coefficient (Wildman–Crippen LogP) is 4.14. The number of aromatic amines is 1. The minimum atomic E-state index is 0.856. The molecule has 1 aliphatic carbocycles. The molecule has 1 saturated heterocycles. The van der Waals surface area contributed by atoms with Gasteiger partial charge in [0.15, 0.2) is 0 Å². The first-order valence-corrected chi connectivity index (χ1v) is 10.3. The van der Waals surface area contributed by atoms with Crippen LogP contribution in [0.5, 0.6) is 0 Å². The van der Waals surface area contributed by atoms with Crippen LogP contribution in [-0.4, -0.2) is 52.2 Å². The van der Waals surface area contributed by atoms with Crippen molar-refractivity contribution in [2.45, 2.75) is 58.5 Å². The lowest BCUT2D eigenvalue weighted by Crippen LogP contribution is -2.36. The first-order valence-electron chi connectivity index (χ1n) is 10.3. The predicted molar refractivity (Wildman–Crippen MR) is 107 cm³/mol. The first-order chi connectivity index (χ1) is 12.7. The van der Waals surface area contributed by atoms with Gasteiger partial charge in [-0.05, 0) is 63.4 Å². The monoisotopic (exact) mass is 352 g/mol. The van der Waals surface area contributed by atoms with E-state index in [1.807, 2.05) is 6.20 Å². The average Bonchev–Trinajstić information content (AvgIpc) is 3.27. The molecule has 1 aliphatic heterocycles. The van der Waals surface area contributed by atoms with Crippen LogP contribution in [0.3, 0.4) is 0 Å². The Labute approximate surface area is 157 Å². The Morgan fingerprint density at radius 2 is 1.85 bits per heavy atom. The molecule has 0 spiro atoms. The summed E-state index contributed by atoms with van der Waals surface area (Å²) in [5, 5.41) is 7.60. The van der Waals surface area contributed by atoms with Crippen molar-refractivity contribution in [2.24, 2.45) is 0 Å². The van der Waals surface area contributed by atoms with Crippen molar-refractivity contribution in [3.63, 3.8) is 0 Å². The zero-order valence-electron chi connectivity index (χ0n) is 16.3. The second kappa shape index (κ2) is 7.93. The Morgan fingerprint density at radius 1 is 1.00 bits per heavy atom. The number of rotatable bonds is 4. The highest BCUT2D eigenvalue weighted by atomic mass is 15.2. The molecule has 1 saturated carbocycles. The van der Waals surface area contributed by atoms with Gasteiger partial charge in [-0.3, -0.25) is 14.9 Å². The Balaban J connectivity index is 1.43. The first kappa shape index (κ1) is 17.7. The van der Waals surface area contributed by atoms with Crippen LogP contribution in [0.2, 0.25) is 0 Å².